The van der Waals surface area contributed by atoms with Crippen molar-refractivity contribution in [3.63, 3.8) is 0 Å². The number of anilines is 1. The normalized spacial score (nSPS) is 11.6. The lowest BCUT2D eigenvalue weighted by Gasteiger charge is -2.12. The van der Waals surface area contributed by atoms with E-state index < -0.39 is 6.04 Å². The largest absolute Gasteiger partial charge is 0.489 e. The maximum absolute atomic E-state index is 11.9. The summed E-state index contributed by atoms with van der Waals surface area (Å²) in [5.41, 5.74) is 9.82. The number of benzene rings is 3. The number of hydrogen-bond donors (Lipinski definition) is 2. The Labute approximate surface area is 165 Å². The third kappa shape index (κ3) is 5.42. The lowest BCUT2D eigenvalue weighted by molar-refractivity contribution is -0.118. The third-order valence-corrected chi connectivity index (χ3v) is 4.27. The molecule has 0 heterocycles. The van der Waals surface area contributed by atoms with Gasteiger partial charge in [-0.15, -0.1) is 0 Å². The van der Waals surface area contributed by atoms with E-state index in [-0.39, 0.29) is 12.5 Å². The molecule has 0 aromatic heterocycles. The molecule has 0 spiro atoms. The fourth-order valence-electron chi connectivity index (χ4n) is 2.72. The molecule has 0 aliphatic heterocycles. The van der Waals surface area contributed by atoms with Crippen molar-refractivity contribution in [1.29, 1.82) is 0 Å². The Kier molecular flexibility index (Phi) is 6.78. The van der Waals surface area contributed by atoms with Gasteiger partial charge in [-0.05, 0) is 41.0 Å². The molecule has 5 heteroatoms. The summed E-state index contributed by atoms with van der Waals surface area (Å²) in [5.74, 6) is 0.445. The first kappa shape index (κ1) is 19.6. The number of ether oxygens (including phenoxy) is 2. The minimum atomic E-state index is -0.695. The molecule has 0 radical (unpaired) electrons. The fraction of sp³-hybridized carbons (Fsp3) is 0.174. The fourth-order valence-corrected chi connectivity index (χ4v) is 2.72. The van der Waals surface area contributed by atoms with Gasteiger partial charge in [0.2, 0.25) is 5.91 Å². The molecule has 0 aliphatic rings. The molecule has 1 atom stereocenters. The number of nitrogens with two attached hydrogens (primary N) is 1. The van der Waals surface area contributed by atoms with Crippen molar-refractivity contribution in [2.24, 2.45) is 5.73 Å². The number of nitrogens with one attached hydrogen (secondary N) is 1. The number of hydrogen-bond acceptors (Lipinski definition) is 4. The molecule has 5 nitrogen and oxygen atoms in total. The van der Waals surface area contributed by atoms with E-state index in [1.807, 2.05) is 30.3 Å². The molecular formula is C23H24N2O3. The molecule has 0 saturated heterocycles. The Morgan fingerprint density at radius 2 is 1.57 bits per heavy atom. The molecule has 0 fully saturated rings. The monoisotopic (exact) mass is 376 g/mol. The number of rotatable bonds is 8. The van der Waals surface area contributed by atoms with Gasteiger partial charge in [0.05, 0.1) is 6.61 Å². The highest BCUT2D eigenvalue weighted by molar-refractivity contribution is 5.94. The molecule has 28 heavy (non-hydrogen) atoms. The quantitative estimate of drug-likeness (QED) is 0.626. The SMILES string of the molecule is COC[C@H](N)C(=O)Nc1ccc(OCc2ccc(-c3ccccc3)cc2)cc1. The van der Waals surface area contributed by atoms with Crippen LogP contribution >= 0.6 is 0 Å². The summed E-state index contributed by atoms with van der Waals surface area (Å²) >= 11 is 0. The Bertz CT molecular complexity index is 878. The maximum atomic E-state index is 11.9. The predicted octanol–water partition coefficient (Wildman–Crippen LogP) is 3.84. The van der Waals surface area contributed by atoms with Crippen LogP contribution in [0.3, 0.4) is 0 Å². The summed E-state index contributed by atoms with van der Waals surface area (Å²) in [7, 11) is 1.51. The Morgan fingerprint density at radius 1 is 0.929 bits per heavy atom. The van der Waals surface area contributed by atoms with Gasteiger partial charge >= 0.3 is 0 Å². The van der Waals surface area contributed by atoms with Crippen LogP contribution in [0.5, 0.6) is 5.75 Å². The van der Waals surface area contributed by atoms with E-state index in [2.05, 4.69) is 41.7 Å². The molecule has 0 bridgehead atoms. The van der Waals surface area contributed by atoms with Crippen molar-refractivity contribution in [3.05, 3.63) is 84.4 Å². The minimum absolute atomic E-state index is 0.177. The van der Waals surface area contributed by atoms with Gasteiger partial charge in [0.25, 0.3) is 0 Å². The van der Waals surface area contributed by atoms with Crippen LogP contribution in [0.1, 0.15) is 5.56 Å². The second-order valence-corrected chi connectivity index (χ2v) is 6.43. The topological polar surface area (TPSA) is 73.6 Å². The lowest BCUT2D eigenvalue weighted by Crippen LogP contribution is -2.39. The number of carbonyl (C=O) groups excluding carboxylic acids is 1. The molecule has 3 N–H and O–H groups in total. The van der Waals surface area contributed by atoms with Crippen molar-refractivity contribution in [2.75, 3.05) is 19.0 Å². The van der Waals surface area contributed by atoms with Crippen LogP contribution in [0.4, 0.5) is 5.69 Å². The van der Waals surface area contributed by atoms with Crippen LogP contribution in [0.25, 0.3) is 11.1 Å². The Balaban J connectivity index is 1.53. The van der Waals surface area contributed by atoms with E-state index in [4.69, 9.17) is 15.2 Å². The molecule has 0 unspecified atom stereocenters. The second-order valence-electron chi connectivity index (χ2n) is 6.43. The van der Waals surface area contributed by atoms with Crippen LogP contribution in [-0.4, -0.2) is 25.7 Å². The summed E-state index contributed by atoms with van der Waals surface area (Å²) in [4.78, 5) is 11.9. The van der Waals surface area contributed by atoms with Gasteiger partial charge in [0.15, 0.2) is 0 Å². The van der Waals surface area contributed by atoms with Gasteiger partial charge in [-0.25, -0.2) is 0 Å². The highest BCUT2D eigenvalue weighted by Crippen LogP contribution is 2.21. The summed E-state index contributed by atoms with van der Waals surface area (Å²) in [6, 6.07) is 25.1. The van der Waals surface area contributed by atoms with Crippen LogP contribution in [-0.2, 0) is 16.1 Å². The molecule has 0 saturated carbocycles. The van der Waals surface area contributed by atoms with Crippen LogP contribution in [0.2, 0.25) is 0 Å². The van der Waals surface area contributed by atoms with E-state index in [0.29, 0.717) is 12.3 Å². The van der Waals surface area contributed by atoms with Gasteiger partial charge in [-0.2, -0.15) is 0 Å². The van der Waals surface area contributed by atoms with E-state index >= 15 is 0 Å². The van der Waals surface area contributed by atoms with Crippen molar-refractivity contribution in [2.45, 2.75) is 12.6 Å². The van der Waals surface area contributed by atoms with E-state index in [1.165, 1.54) is 18.2 Å². The van der Waals surface area contributed by atoms with Crippen molar-refractivity contribution in [3.8, 4) is 16.9 Å². The van der Waals surface area contributed by atoms with Gasteiger partial charge < -0.3 is 20.5 Å². The lowest BCUT2D eigenvalue weighted by atomic mass is 10.0. The first-order valence-corrected chi connectivity index (χ1v) is 9.08. The Morgan fingerprint density at radius 3 is 2.21 bits per heavy atom. The first-order chi connectivity index (χ1) is 13.7. The number of carbonyl (C=O) groups is 1. The molecular weight excluding hydrogens is 352 g/mol. The van der Waals surface area contributed by atoms with E-state index in [0.717, 1.165) is 11.3 Å². The molecule has 1 amide bonds. The zero-order chi connectivity index (χ0) is 19.8. The minimum Gasteiger partial charge on any atom is -0.489 e. The van der Waals surface area contributed by atoms with Crippen molar-refractivity contribution < 1.29 is 14.3 Å². The van der Waals surface area contributed by atoms with Crippen LogP contribution in [0, 0.1) is 0 Å². The highest BCUT2D eigenvalue weighted by Gasteiger charge is 2.12. The molecule has 3 aromatic rings. The van der Waals surface area contributed by atoms with Crippen molar-refractivity contribution >= 4 is 11.6 Å². The zero-order valence-corrected chi connectivity index (χ0v) is 15.8. The van der Waals surface area contributed by atoms with Crippen molar-refractivity contribution in [1.82, 2.24) is 0 Å². The van der Waals surface area contributed by atoms with Gasteiger partial charge in [-0.3, -0.25) is 4.79 Å². The van der Waals surface area contributed by atoms with Gasteiger partial charge in [-0.1, -0.05) is 54.6 Å². The smallest absolute Gasteiger partial charge is 0.243 e. The molecule has 0 aliphatic carbocycles. The van der Waals surface area contributed by atoms with E-state index in [1.54, 1.807) is 12.1 Å². The first-order valence-electron chi connectivity index (χ1n) is 9.08. The van der Waals surface area contributed by atoms with Crippen LogP contribution < -0.4 is 15.8 Å². The molecule has 3 rings (SSSR count). The average molecular weight is 376 g/mol. The average Bonchev–Trinajstić information content (AvgIpc) is 2.74. The Hall–Kier alpha value is -3.15. The van der Waals surface area contributed by atoms with Gasteiger partial charge in [0.1, 0.15) is 18.4 Å². The zero-order valence-electron chi connectivity index (χ0n) is 15.8. The summed E-state index contributed by atoms with van der Waals surface area (Å²) in [6.45, 7) is 0.648. The number of amides is 1. The standard InChI is InChI=1S/C23H24N2O3/c1-27-16-22(24)23(26)25-20-11-13-21(14-12-20)28-15-17-7-9-19(10-8-17)18-5-3-2-4-6-18/h2-14,22H,15-16,24H2,1H3,(H,25,26)/t22-/m0/s1. The molecule has 3 aromatic carbocycles. The predicted molar refractivity (Wildman–Crippen MR) is 111 cm³/mol. The molecule has 144 valence electrons. The third-order valence-electron chi connectivity index (χ3n) is 4.27. The summed E-state index contributed by atoms with van der Waals surface area (Å²) < 4.78 is 10.7. The summed E-state index contributed by atoms with van der Waals surface area (Å²) in [6.07, 6.45) is 0. The second kappa shape index (κ2) is 9.69. The highest BCUT2D eigenvalue weighted by atomic mass is 16.5. The van der Waals surface area contributed by atoms with Crippen LogP contribution in [0.15, 0.2) is 78.9 Å². The van der Waals surface area contributed by atoms with E-state index in [9.17, 15) is 4.79 Å². The van der Waals surface area contributed by atoms with Gasteiger partial charge in [0, 0.05) is 12.8 Å². The summed E-state index contributed by atoms with van der Waals surface area (Å²) in [5, 5.41) is 2.75. The number of methoxy groups -OCH3 is 1. The maximum Gasteiger partial charge on any atom is 0.243 e.